The van der Waals surface area contributed by atoms with Gasteiger partial charge in [-0.1, -0.05) is 13.8 Å². The van der Waals surface area contributed by atoms with Crippen LogP contribution in [0.4, 0.5) is 5.82 Å². The predicted octanol–water partition coefficient (Wildman–Crippen LogP) is -0.779. The van der Waals surface area contributed by atoms with Gasteiger partial charge in [0.15, 0.2) is 11.6 Å². The second-order valence-electron chi connectivity index (χ2n) is 8.92. The van der Waals surface area contributed by atoms with Gasteiger partial charge in [0, 0.05) is 6.20 Å². The summed E-state index contributed by atoms with van der Waals surface area (Å²) < 4.78 is 1.25. The number of carboxylic acid groups (broad SMARTS) is 1. The third-order valence-corrected chi connectivity index (χ3v) is 6.14. The van der Waals surface area contributed by atoms with Crippen molar-refractivity contribution in [1.29, 1.82) is 0 Å². The average Bonchev–Trinajstić information content (AvgIpc) is 3.33. The number of carboxylic acids is 1. The molecule has 0 saturated carbocycles. The molecule has 13 nitrogen and oxygen atoms in total. The van der Waals surface area contributed by atoms with E-state index < -0.39 is 42.0 Å². The quantitative estimate of drug-likeness (QED) is 0.142. The lowest BCUT2D eigenvalue weighted by molar-refractivity contribution is -0.140. The topological polar surface area (TPSA) is 195 Å². The number of anilines is 1. The normalized spacial score (nSPS) is 16.8. The van der Waals surface area contributed by atoms with E-state index in [4.69, 9.17) is 10.9 Å². The van der Waals surface area contributed by atoms with Crippen molar-refractivity contribution in [3.63, 3.8) is 0 Å². The summed E-state index contributed by atoms with van der Waals surface area (Å²) in [5.74, 6) is -2.22. The summed E-state index contributed by atoms with van der Waals surface area (Å²) in [5, 5.41) is 25.4. The van der Waals surface area contributed by atoms with Gasteiger partial charge in [-0.3, -0.25) is 28.6 Å². The largest absolute Gasteiger partial charge is 0.481 e. The van der Waals surface area contributed by atoms with Crippen LogP contribution in [0.15, 0.2) is 16.1 Å². The smallest absolute Gasteiger partial charge is 0.305 e. The van der Waals surface area contributed by atoms with Crippen LogP contribution in [0, 0.1) is 0 Å². The van der Waals surface area contributed by atoms with E-state index in [1.807, 2.05) is 11.8 Å². The summed E-state index contributed by atoms with van der Waals surface area (Å²) in [4.78, 5) is 56.9. The molecule has 1 saturated heterocycles. The highest BCUT2D eigenvalue weighted by molar-refractivity contribution is 5.94. The van der Waals surface area contributed by atoms with Gasteiger partial charge in [0.2, 0.25) is 5.91 Å². The molecular weight excluding hydrogens is 470 g/mol. The minimum Gasteiger partial charge on any atom is -0.481 e. The fourth-order valence-electron chi connectivity index (χ4n) is 4.02. The molecule has 7 N–H and O–H groups in total. The molecule has 0 aliphatic carbocycles. The van der Waals surface area contributed by atoms with Gasteiger partial charge in [0.1, 0.15) is 11.8 Å². The Bertz CT molecular complexity index is 1020. The number of aryl methyl sites for hydroxylation is 1. The Kier molecular flexibility index (Phi) is 11.0. The molecule has 2 heterocycles. The van der Waals surface area contributed by atoms with Crippen LogP contribution in [0.5, 0.6) is 0 Å². The summed E-state index contributed by atoms with van der Waals surface area (Å²) in [6, 6.07) is -2.68. The first-order valence-electron chi connectivity index (χ1n) is 12.2. The second kappa shape index (κ2) is 13.7. The van der Waals surface area contributed by atoms with E-state index in [9.17, 15) is 24.3 Å². The molecule has 0 spiro atoms. The maximum absolute atomic E-state index is 13.2. The number of amides is 1. The number of aliphatic carboxylic acids is 1. The Morgan fingerprint density at radius 1 is 1.28 bits per heavy atom. The summed E-state index contributed by atoms with van der Waals surface area (Å²) in [5.41, 5.74) is 6.08. The molecule has 0 aromatic carbocycles. The molecule has 1 amide bonds. The van der Waals surface area contributed by atoms with Gasteiger partial charge >= 0.3 is 5.97 Å². The molecule has 13 heteroatoms. The first-order chi connectivity index (χ1) is 17.1. The zero-order chi connectivity index (χ0) is 26.8. The van der Waals surface area contributed by atoms with Gasteiger partial charge < -0.3 is 26.7 Å². The molecule has 1 aromatic rings. The number of hydrogen-bond donors (Lipinski definition) is 4. The zero-order valence-electron chi connectivity index (χ0n) is 21.1. The van der Waals surface area contributed by atoms with Crippen LogP contribution in [-0.4, -0.2) is 86.4 Å². The summed E-state index contributed by atoms with van der Waals surface area (Å²) >= 11 is 0. The van der Waals surface area contributed by atoms with Crippen LogP contribution in [0.1, 0.15) is 58.2 Å². The summed E-state index contributed by atoms with van der Waals surface area (Å²) in [6.07, 6.45) is 3.60. The molecule has 200 valence electrons. The van der Waals surface area contributed by atoms with Crippen molar-refractivity contribution in [2.45, 2.75) is 71.0 Å². The fourth-order valence-corrected chi connectivity index (χ4v) is 4.02. The van der Waals surface area contributed by atoms with E-state index in [0.717, 1.165) is 25.9 Å². The number of ketones is 1. The third-order valence-electron chi connectivity index (χ3n) is 6.14. The standard InChI is InChI=1S/C23H37N7O6/c1-4-15-12-30(23(35)21(26-15)25-11-17(28-36)14(3)24)18(5-2)22(34)27-16(10-20(32)33)19(31)13-29-8-6-7-9-29/h12,14,16,18,36H,4-11,13,24H2,1-3H3,(H,25,26)(H,27,34)(H,32,33)/p+1/b28-17-. The van der Waals surface area contributed by atoms with Crippen LogP contribution in [-0.2, 0) is 20.8 Å². The molecule has 36 heavy (non-hydrogen) atoms. The van der Waals surface area contributed by atoms with E-state index in [1.165, 1.54) is 10.8 Å². The van der Waals surface area contributed by atoms with Crippen molar-refractivity contribution in [3.05, 3.63) is 22.2 Å². The lowest BCUT2D eigenvalue weighted by atomic mass is 10.1. The molecule has 0 bridgehead atoms. The van der Waals surface area contributed by atoms with Crippen molar-refractivity contribution >= 4 is 29.2 Å². The highest BCUT2D eigenvalue weighted by Crippen LogP contribution is 2.14. The number of aromatic nitrogens is 2. The van der Waals surface area contributed by atoms with Gasteiger partial charge in [-0.2, -0.15) is 0 Å². The molecular formula is C23H38N7O6+. The van der Waals surface area contributed by atoms with E-state index in [0.29, 0.717) is 17.8 Å². The lowest BCUT2D eigenvalue weighted by Gasteiger charge is -2.24. The number of rotatable bonds is 14. The molecule has 0 radical (unpaired) electrons. The number of carbonyl (C=O) groups is 3. The molecule has 1 aliphatic heterocycles. The fraction of sp³-hybridized carbons (Fsp3) is 0.652. The van der Waals surface area contributed by atoms with Crippen molar-refractivity contribution in [2.75, 3.05) is 31.5 Å². The Balaban J connectivity index is 2.29. The molecule has 1 fully saturated rings. The Labute approximate surface area is 209 Å². The SMILES string of the molecule is CCc1cn(C(CC)C(=O)NC(CC(=O)O)C(=O)CN2CCCC2)c(=O)c(NC/C(=N/[OH2+])C(C)N)n1. The number of carbonyl (C=O) groups excluding carboxylic acids is 2. The number of hydrogen-bond acceptors (Lipinski definition) is 9. The van der Waals surface area contributed by atoms with Gasteiger partial charge in [-0.25, -0.2) is 4.98 Å². The van der Waals surface area contributed by atoms with Gasteiger partial charge in [0.25, 0.3) is 5.56 Å². The van der Waals surface area contributed by atoms with E-state index in [1.54, 1.807) is 13.8 Å². The van der Waals surface area contributed by atoms with Gasteiger partial charge in [-0.05, 0) is 45.7 Å². The number of Topliss-reactive ketones (excluding diaryl/α,β-unsaturated/α-hetero) is 1. The minimum atomic E-state index is -1.20. The van der Waals surface area contributed by atoms with E-state index in [2.05, 4.69) is 20.8 Å². The maximum atomic E-state index is 13.2. The van der Waals surface area contributed by atoms with Gasteiger partial charge in [-0.15, -0.1) is 0 Å². The number of nitrogens with zero attached hydrogens (tertiary/aromatic N) is 4. The van der Waals surface area contributed by atoms with Crippen molar-refractivity contribution in [2.24, 2.45) is 10.9 Å². The van der Waals surface area contributed by atoms with E-state index in [-0.39, 0.29) is 31.1 Å². The minimum absolute atomic E-state index is 0.0189. The highest BCUT2D eigenvalue weighted by Gasteiger charge is 2.30. The van der Waals surface area contributed by atoms with Crippen LogP contribution in [0.2, 0.25) is 0 Å². The zero-order valence-corrected chi connectivity index (χ0v) is 21.1. The van der Waals surface area contributed by atoms with Crippen molar-refractivity contribution in [1.82, 2.24) is 19.8 Å². The monoisotopic (exact) mass is 508 g/mol. The predicted molar refractivity (Wildman–Crippen MR) is 135 cm³/mol. The Morgan fingerprint density at radius 2 is 1.94 bits per heavy atom. The highest BCUT2D eigenvalue weighted by atomic mass is 16.4. The molecule has 1 aromatic heterocycles. The summed E-state index contributed by atoms with van der Waals surface area (Å²) in [7, 11) is 0. The second-order valence-corrected chi connectivity index (χ2v) is 8.92. The molecule has 3 unspecified atom stereocenters. The number of likely N-dealkylation sites (tertiary alicyclic amines) is 1. The van der Waals surface area contributed by atoms with Crippen LogP contribution >= 0.6 is 0 Å². The van der Waals surface area contributed by atoms with Gasteiger partial charge in [0.05, 0.1) is 42.4 Å². The number of nitrogens with two attached hydrogens (primary N) is 1. The maximum Gasteiger partial charge on any atom is 0.305 e. The van der Waals surface area contributed by atoms with Crippen LogP contribution in [0.3, 0.4) is 0 Å². The van der Waals surface area contributed by atoms with Crippen LogP contribution < -0.4 is 21.9 Å². The third kappa shape index (κ3) is 7.85. The first kappa shape index (κ1) is 28.9. The molecule has 3 atom stereocenters. The number of nitrogens with one attached hydrogen (secondary N) is 2. The van der Waals surface area contributed by atoms with Crippen molar-refractivity contribution in [3.8, 4) is 0 Å². The van der Waals surface area contributed by atoms with E-state index >= 15 is 0 Å². The average molecular weight is 509 g/mol. The Morgan fingerprint density at radius 3 is 2.47 bits per heavy atom. The summed E-state index contributed by atoms with van der Waals surface area (Å²) in [6.45, 7) is 6.85. The van der Waals surface area contributed by atoms with Crippen molar-refractivity contribution < 1.29 is 24.7 Å². The lowest BCUT2D eigenvalue weighted by Crippen LogP contribution is -2.49. The van der Waals surface area contributed by atoms with Crippen LogP contribution in [0.25, 0.3) is 0 Å². The Hall–Kier alpha value is -3.32. The molecule has 1 aliphatic rings. The first-order valence-corrected chi connectivity index (χ1v) is 12.2. The molecule has 2 rings (SSSR count).